The van der Waals surface area contributed by atoms with E-state index in [2.05, 4.69) is 16.0 Å². The highest BCUT2D eigenvalue weighted by Gasteiger charge is 2.16. The molecule has 138 valence electrons. The van der Waals surface area contributed by atoms with Gasteiger partial charge in [0.25, 0.3) is 0 Å². The lowest BCUT2D eigenvalue weighted by molar-refractivity contribution is -0.141. The Labute approximate surface area is 147 Å². The van der Waals surface area contributed by atoms with E-state index in [1.165, 1.54) is 0 Å². The molecule has 0 bridgehead atoms. The second-order valence-corrected chi connectivity index (χ2v) is 6.17. The van der Waals surface area contributed by atoms with Gasteiger partial charge in [-0.05, 0) is 45.4 Å². The molecule has 25 heavy (non-hydrogen) atoms. The van der Waals surface area contributed by atoms with E-state index in [4.69, 9.17) is 9.47 Å². The summed E-state index contributed by atoms with van der Waals surface area (Å²) in [5, 5.41) is 7.64. The van der Waals surface area contributed by atoms with E-state index >= 15 is 0 Å². The highest BCUT2D eigenvalue weighted by Crippen LogP contribution is 2.12. The van der Waals surface area contributed by atoms with Crippen molar-refractivity contribution in [3.05, 3.63) is 29.8 Å². The average Bonchev–Trinajstić information content (AvgIpc) is 2.50. The molecule has 0 aromatic heterocycles. The summed E-state index contributed by atoms with van der Waals surface area (Å²) in [6.07, 6.45) is -0.531. The fraction of sp³-hybridized carbons (Fsp3) is 0.471. The Hall–Kier alpha value is -2.77. The zero-order chi connectivity index (χ0) is 18.9. The maximum atomic E-state index is 11.7. The van der Waals surface area contributed by atoms with Crippen LogP contribution in [0.15, 0.2) is 24.3 Å². The summed E-state index contributed by atoms with van der Waals surface area (Å²) < 4.78 is 9.87. The molecule has 0 unspecified atom stereocenters. The van der Waals surface area contributed by atoms with Gasteiger partial charge in [0.2, 0.25) is 0 Å². The second-order valence-electron chi connectivity index (χ2n) is 6.17. The zero-order valence-electron chi connectivity index (χ0n) is 15.0. The van der Waals surface area contributed by atoms with Crippen molar-refractivity contribution >= 4 is 23.8 Å². The summed E-state index contributed by atoms with van der Waals surface area (Å²) in [6, 6.07) is 6.47. The van der Waals surface area contributed by atoms with Gasteiger partial charge >= 0.3 is 18.1 Å². The molecular formula is C17H25N3O5. The van der Waals surface area contributed by atoms with Crippen molar-refractivity contribution < 1.29 is 23.9 Å². The normalized spacial score (nSPS) is 10.6. The number of carbonyl (C=O) groups excluding carboxylic acids is 3. The predicted octanol–water partition coefficient (Wildman–Crippen LogP) is 2.40. The summed E-state index contributed by atoms with van der Waals surface area (Å²) in [7, 11) is 0. The number of hydrogen-bond donors (Lipinski definition) is 3. The van der Waals surface area contributed by atoms with E-state index in [-0.39, 0.29) is 19.7 Å². The summed E-state index contributed by atoms with van der Waals surface area (Å²) in [5.41, 5.74) is 0.857. The van der Waals surface area contributed by atoms with Crippen molar-refractivity contribution in [2.24, 2.45) is 0 Å². The molecule has 0 saturated heterocycles. The smallest absolute Gasteiger partial charge is 0.412 e. The first-order valence-electron chi connectivity index (χ1n) is 7.96. The summed E-state index contributed by atoms with van der Waals surface area (Å²) in [6.45, 7) is 7.42. The van der Waals surface area contributed by atoms with Gasteiger partial charge < -0.3 is 20.1 Å². The molecule has 0 heterocycles. The van der Waals surface area contributed by atoms with Gasteiger partial charge in [-0.3, -0.25) is 10.1 Å². The van der Waals surface area contributed by atoms with Gasteiger partial charge in [0.05, 0.1) is 6.61 Å². The lowest BCUT2D eigenvalue weighted by Crippen LogP contribution is -2.38. The molecule has 3 amide bonds. The maximum Gasteiger partial charge on any atom is 0.412 e. The first kappa shape index (κ1) is 20.3. The highest BCUT2D eigenvalue weighted by molar-refractivity contribution is 5.84. The first-order chi connectivity index (χ1) is 11.7. The largest absolute Gasteiger partial charge is 0.465 e. The number of nitrogens with one attached hydrogen (secondary N) is 3. The fourth-order valence-corrected chi connectivity index (χ4v) is 1.74. The van der Waals surface area contributed by atoms with Crippen LogP contribution in [-0.4, -0.2) is 36.8 Å². The second kappa shape index (κ2) is 9.51. The topological polar surface area (TPSA) is 106 Å². The van der Waals surface area contributed by atoms with Crippen LogP contribution in [0.1, 0.15) is 33.3 Å². The van der Waals surface area contributed by atoms with Crippen LogP contribution >= 0.6 is 0 Å². The van der Waals surface area contributed by atoms with Gasteiger partial charge in [-0.2, -0.15) is 0 Å². The van der Waals surface area contributed by atoms with Crippen molar-refractivity contribution in [2.75, 3.05) is 18.5 Å². The summed E-state index contributed by atoms with van der Waals surface area (Å²) in [5.74, 6) is -0.491. The van der Waals surface area contributed by atoms with Crippen molar-refractivity contribution in [1.82, 2.24) is 10.6 Å². The molecule has 0 atom stereocenters. The molecule has 3 N–H and O–H groups in total. The standard InChI is InChI=1S/C17H25N3O5/c1-5-24-14(21)11-19-15(22)18-10-12-6-8-13(9-7-12)20-16(23)25-17(2,3)4/h6-9H,5,10-11H2,1-4H3,(H,20,23)(H2,18,19,22). The van der Waals surface area contributed by atoms with Gasteiger partial charge in [0, 0.05) is 12.2 Å². The van der Waals surface area contributed by atoms with Gasteiger partial charge in [-0.1, -0.05) is 12.1 Å². The Kier molecular flexibility index (Phi) is 7.71. The van der Waals surface area contributed by atoms with Gasteiger partial charge in [-0.15, -0.1) is 0 Å². The molecule has 0 spiro atoms. The number of benzene rings is 1. The SMILES string of the molecule is CCOC(=O)CNC(=O)NCc1ccc(NC(=O)OC(C)(C)C)cc1. The number of esters is 1. The molecule has 1 aromatic rings. The molecule has 0 radical (unpaired) electrons. The third-order valence-electron chi connectivity index (χ3n) is 2.75. The number of amides is 3. The van der Waals surface area contributed by atoms with E-state index in [0.717, 1.165) is 5.56 Å². The predicted molar refractivity (Wildman–Crippen MR) is 93.2 cm³/mol. The van der Waals surface area contributed by atoms with Gasteiger partial charge in [0.1, 0.15) is 12.1 Å². The number of urea groups is 1. The van der Waals surface area contributed by atoms with E-state index < -0.39 is 23.7 Å². The van der Waals surface area contributed by atoms with Crippen LogP contribution in [0.2, 0.25) is 0 Å². The van der Waals surface area contributed by atoms with Crippen molar-refractivity contribution in [1.29, 1.82) is 0 Å². The minimum absolute atomic E-state index is 0.182. The van der Waals surface area contributed by atoms with Crippen molar-refractivity contribution in [3.8, 4) is 0 Å². The molecule has 0 saturated carbocycles. The minimum Gasteiger partial charge on any atom is -0.465 e. The average molecular weight is 351 g/mol. The van der Waals surface area contributed by atoms with Gasteiger partial charge in [-0.25, -0.2) is 9.59 Å². The molecule has 0 aliphatic heterocycles. The Morgan fingerprint density at radius 3 is 2.24 bits per heavy atom. The van der Waals surface area contributed by atoms with Crippen LogP contribution in [-0.2, 0) is 20.8 Å². The van der Waals surface area contributed by atoms with E-state index in [0.29, 0.717) is 5.69 Å². The molecule has 1 aromatic carbocycles. The first-order valence-corrected chi connectivity index (χ1v) is 7.96. The van der Waals surface area contributed by atoms with E-state index in [1.54, 1.807) is 52.0 Å². The van der Waals surface area contributed by atoms with Crippen LogP contribution in [0.3, 0.4) is 0 Å². The molecule has 8 heteroatoms. The lowest BCUT2D eigenvalue weighted by Gasteiger charge is -2.19. The minimum atomic E-state index is -0.565. The Morgan fingerprint density at radius 2 is 1.68 bits per heavy atom. The third kappa shape index (κ3) is 9.19. The third-order valence-corrected chi connectivity index (χ3v) is 2.75. The van der Waals surface area contributed by atoms with Crippen molar-refractivity contribution in [3.63, 3.8) is 0 Å². The summed E-state index contributed by atoms with van der Waals surface area (Å²) in [4.78, 5) is 34.4. The monoisotopic (exact) mass is 351 g/mol. The van der Waals surface area contributed by atoms with Crippen LogP contribution in [0, 0.1) is 0 Å². The van der Waals surface area contributed by atoms with Crippen LogP contribution in [0.5, 0.6) is 0 Å². The lowest BCUT2D eigenvalue weighted by atomic mass is 10.2. The number of carbonyl (C=O) groups is 3. The molecule has 0 fully saturated rings. The molecule has 8 nitrogen and oxygen atoms in total. The number of anilines is 1. The number of rotatable bonds is 6. The fourth-order valence-electron chi connectivity index (χ4n) is 1.74. The number of ether oxygens (including phenoxy) is 2. The van der Waals surface area contributed by atoms with E-state index in [9.17, 15) is 14.4 Å². The maximum absolute atomic E-state index is 11.7. The Morgan fingerprint density at radius 1 is 1.04 bits per heavy atom. The van der Waals surface area contributed by atoms with Gasteiger partial charge in [0.15, 0.2) is 0 Å². The molecule has 0 aliphatic carbocycles. The zero-order valence-corrected chi connectivity index (χ0v) is 15.0. The summed E-state index contributed by atoms with van der Waals surface area (Å²) >= 11 is 0. The van der Waals surface area contributed by atoms with E-state index in [1.807, 2.05) is 0 Å². The quantitative estimate of drug-likeness (QED) is 0.683. The Bertz CT molecular complexity index is 593. The Balaban J connectivity index is 2.38. The number of hydrogen-bond acceptors (Lipinski definition) is 5. The van der Waals surface area contributed by atoms with Crippen LogP contribution in [0.25, 0.3) is 0 Å². The molecule has 1 rings (SSSR count). The van der Waals surface area contributed by atoms with Crippen molar-refractivity contribution in [2.45, 2.75) is 39.8 Å². The molecule has 0 aliphatic rings. The molecular weight excluding hydrogens is 326 g/mol. The van der Waals surface area contributed by atoms with Crippen LogP contribution in [0.4, 0.5) is 15.3 Å². The highest BCUT2D eigenvalue weighted by atomic mass is 16.6. The van der Waals surface area contributed by atoms with Crippen LogP contribution < -0.4 is 16.0 Å².